The first-order chi connectivity index (χ1) is 32.5. The van der Waals surface area contributed by atoms with Crippen molar-refractivity contribution in [2.45, 2.75) is 25.2 Å². The zero-order valence-corrected chi connectivity index (χ0v) is 37.0. The van der Waals surface area contributed by atoms with Gasteiger partial charge >= 0.3 is 0 Å². The molecule has 0 saturated heterocycles. The standard InChI is InChI=1S/C63H47N3/c1-63(2)56-27-15-12-25-50(56)51-34-33-48(41-57(51)63)64(45-18-6-3-7-19-45)58-28-16-13-24-49(58)44-32-37-62-55(40-44)54-39-43(31-36-61(54)66(62)47-22-10-5-11-23-47)42-30-35-60-53(38-42)52-26-14-17-29-59(52)65(60)46-20-8-4-9-21-46/h3-41,51,57H,1-2H3. The van der Waals surface area contributed by atoms with Crippen molar-refractivity contribution >= 4 is 55.0 Å². The number of rotatable bonds is 7. The second-order valence-corrected chi connectivity index (χ2v) is 18.6. The van der Waals surface area contributed by atoms with E-state index in [2.05, 4.69) is 264 Å². The minimum Gasteiger partial charge on any atom is -0.310 e. The predicted molar refractivity (Wildman–Crippen MR) is 277 cm³/mol. The minimum atomic E-state index is 0.00278. The Kier molecular flexibility index (Phi) is 8.69. The number of allylic oxidation sites excluding steroid dienone is 3. The smallest absolute Gasteiger partial charge is 0.0541 e. The second-order valence-electron chi connectivity index (χ2n) is 18.6. The molecule has 2 aliphatic carbocycles. The van der Waals surface area contributed by atoms with E-state index >= 15 is 0 Å². The van der Waals surface area contributed by atoms with Gasteiger partial charge in [0.2, 0.25) is 0 Å². The first kappa shape index (κ1) is 38.3. The number of hydrogen-bond acceptors (Lipinski definition) is 1. The lowest BCUT2D eigenvalue weighted by atomic mass is 9.74. The van der Waals surface area contributed by atoms with Crippen LogP contribution < -0.4 is 4.90 Å². The van der Waals surface area contributed by atoms with Gasteiger partial charge in [0.15, 0.2) is 0 Å². The molecule has 314 valence electrons. The molecule has 0 spiro atoms. The zero-order valence-electron chi connectivity index (χ0n) is 37.0. The molecule has 2 aromatic heterocycles. The molecule has 2 aliphatic rings. The molecule has 11 aromatic rings. The summed E-state index contributed by atoms with van der Waals surface area (Å²) in [5.41, 5.74) is 18.3. The molecule has 0 amide bonds. The van der Waals surface area contributed by atoms with E-state index in [-0.39, 0.29) is 5.41 Å². The third-order valence-corrected chi connectivity index (χ3v) is 14.6. The van der Waals surface area contributed by atoms with Crippen LogP contribution in [0.25, 0.3) is 77.2 Å². The molecule has 2 atom stereocenters. The van der Waals surface area contributed by atoms with Gasteiger partial charge in [-0.15, -0.1) is 0 Å². The van der Waals surface area contributed by atoms with Crippen molar-refractivity contribution in [3.63, 3.8) is 0 Å². The quantitative estimate of drug-likeness (QED) is 0.156. The van der Waals surface area contributed by atoms with Crippen LogP contribution in [-0.4, -0.2) is 9.13 Å². The van der Waals surface area contributed by atoms with Crippen molar-refractivity contribution in [3.8, 4) is 33.6 Å². The largest absolute Gasteiger partial charge is 0.310 e. The normalized spacial score (nSPS) is 16.2. The molecule has 9 aromatic carbocycles. The van der Waals surface area contributed by atoms with E-state index in [1.165, 1.54) is 88.4 Å². The molecule has 3 heteroatoms. The molecule has 0 N–H and O–H groups in total. The van der Waals surface area contributed by atoms with Crippen LogP contribution in [0.5, 0.6) is 0 Å². The maximum atomic E-state index is 2.55. The van der Waals surface area contributed by atoms with Crippen molar-refractivity contribution in [1.29, 1.82) is 0 Å². The van der Waals surface area contributed by atoms with Gasteiger partial charge in [-0.05, 0) is 130 Å². The molecule has 0 saturated carbocycles. The number of para-hydroxylation sites is 5. The fraction of sp³-hybridized carbons (Fsp3) is 0.0794. The van der Waals surface area contributed by atoms with Crippen molar-refractivity contribution in [3.05, 3.63) is 253 Å². The van der Waals surface area contributed by atoms with Gasteiger partial charge < -0.3 is 14.0 Å². The van der Waals surface area contributed by atoms with Crippen molar-refractivity contribution in [2.24, 2.45) is 5.92 Å². The molecular formula is C63H47N3. The number of aromatic nitrogens is 2. The average Bonchev–Trinajstić information content (AvgIpc) is 3.97. The van der Waals surface area contributed by atoms with Gasteiger partial charge in [0, 0.05) is 55.8 Å². The Hall–Kier alpha value is -8.14. The second kappa shape index (κ2) is 15.0. The summed E-state index contributed by atoms with van der Waals surface area (Å²) >= 11 is 0. The monoisotopic (exact) mass is 845 g/mol. The van der Waals surface area contributed by atoms with Crippen LogP contribution in [0.15, 0.2) is 242 Å². The average molecular weight is 846 g/mol. The lowest BCUT2D eigenvalue weighted by Gasteiger charge is -2.35. The van der Waals surface area contributed by atoms with Gasteiger partial charge in [-0.25, -0.2) is 0 Å². The molecule has 13 rings (SSSR count). The van der Waals surface area contributed by atoms with E-state index in [4.69, 9.17) is 0 Å². The van der Waals surface area contributed by atoms with Gasteiger partial charge in [-0.3, -0.25) is 0 Å². The van der Waals surface area contributed by atoms with Crippen molar-refractivity contribution in [1.82, 2.24) is 9.13 Å². The Balaban J connectivity index is 0.977. The Morgan fingerprint density at radius 3 is 1.61 bits per heavy atom. The third-order valence-electron chi connectivity index (χ3n) is 14.6. The molecule has 0 bridgehead atoms. The van der Waals surface area contributed by atoms with Crippen molar-refractivity contribution < 1.29 is 0 Å². The highest BCUT2D eigenvalue weighted by Gasteiger charge is 2.45. The molecular weight excluding hydrogens is 799 g/mol. The van der Waals surface area contributed by atoms with Crippen LogP contribution in [0.2, 0.25) is 0 Å². The van der Waals surface area contributed by atoms with E-state index in [0.29, 0.717) is 11.8 Å². The lowest BCUT2D eigenvalue weighted by molar-refractivity contribution is 0.392. The highest BCUT2D eigenvalue weighted by atomic mass is 15.2. The van der Waals surface area contributed by atoms with Crippen LogP contribution in [-0.2, 0) is 5.41 Å². The summed E-state index contributed by atoms with van der Waals surface area (Å²) in [6.07, 6.45) is 7.36. The van der Waals surface area contributed by atoms with E-state index in [9.17, 15) is 0 Å². The van der Waals surface area contributed by atoms with Crippen LogP contribution >= 0.6 is 0 Å². The maximum absolute atomic E-state index is 2.55. The highest BCUT2D eigenvalue weighted by Crippen LogP contribution is 2.54. The summed E-state index contributed by atoms with van der Waals surface area (Å²) in [6.45, 7) is 4.83. The number of hydrogen-bond donors (Lipinski definition) is 0. The zero-order chi connectivity index (χ0) is 43.9. The third kappa shape index (κ3) is 5.90. The maximum Gasteiger partial charge on any atom is 0.0541 e. The lowest BCUT2D eigenvalue weighted by Crippen LogP contribution is -2.28. The summed E-state index contributed by atoms with van der Waals surface area (Å²) in [7, 11) is 0. The molecule has 2 heterocycles. The summed E-state index contributed by atoms with van der Waals surface area (Å²) < 4.78 is 4.81. The van der Waals surface area contributed by atoms with E-state index < -0.39 is 0 Å². The molecule has 0 fully saturated rings. The molecule has 2 unspecified atom stereocenters. The fourth-order valence-electron chi connectivity index (χ4n) is 11.5. The highest BCUT2D eigenvalue weighted by molar-refractivity contribution is 6.13. The molecule has 66 heavy (non-hydrogen) atoms. The van der Waals surface area contributed by atoms with E-state index in [1.54, 1.807) is 0 Å². The van der Waals surface area contributed by atoms with E-state index in [0.717, 1.165) is 17.1 Å². The molecule has 3 nitrogen and oxygen atoms in total. The van der Waals surface area contributed by atoms with Crippen LogP contribution in [0, 0.1) is 5.92 Å². The van der Waals surface area contributed by atoms with Gasteiger partial charge in [-0.2, -0.15) is 0 Å². The first-order valence-corrected chi connectivity index (χ1v) is 23.2. The summed E-state index contributed by atoms with van der Waals surface area (Å²) in [5, 5.41) is 4.95. The first-order valence-electron chi connectivity index (χ1n) is 23.2. The van der Waals surface area contributed by atoms with E-state index in [1.807, 2.05) is 0 Å². The van der Waals surface area contributed by atoms with Gasteiger partial charge in [0.05, 0.1) is 27.8 Å². The van der Waals surface area contributed by atoms with Crippen LogP contribution in [0.3, 0.4) is 0 Å². The molecule has 0 radical (unpaired) electrons. The topological polar surface area (TPSA) is 13.1 Å². The van der Waals surface area contributed by atoms with Crippen LogP contribution in [0.4, 0.5) is 11.4 Å². The summed E-state index contributed by atoms with van der Waals surface area (Å²) in [5.74, 6) is 0.699. The number of nitrogens with zero attached hydrogens (tertiary/aromatic N) is 3. The summed E-state index contributed by atoms with van der Waals surface area (Å²) in [4.78, 5) is 2.47. The van der Waals surface area contributed by atoms with Gasteiger partial charge in [0.1, 0.15) is 0 Å². The number of anilines is 2. The summed E-state index contributed by atoms with van der Waals surface area (Å²) in [6, 6.07) is 80.2. The molecule has 0 aliphatic heterocycles. The Labute approximate surface area is 385 Å². The minimum absolute atomic E-state index is 0.00278. The fourth-order valence-corrected chi connectivity index (χ4v) is 11.5. The van der Waals surface area contributed by atoms with Crippen molar-refractivity contribution in [2.75, 3.05) is 4.90 Å². The Bertz CT molecular complexity index is 3740. The SMILES string of the molecule is CC1(C)c2ccccc2C2C=CC(N(c3ccccc3)c3ccccc3-c3ccc4c(c3)c3cc(-c5ccc6c(c5)c5ccccc5n6-c5ccccc5)ccc3n4-c3ccccc3)=CC21. The van der Waals surface area contributed by atoms with Crippen LogP contribution in [0.1, 0.15) is 30.9 Å². The Morgan fingerprint density at radius 2 is 0.939 bits per heavy atom. The number of benzene rings is 9. The van der Waals surface area contributed by atoms with Gasteiger partial charge in [-0.1, -0.05) is 159 Å². The predicted octanol–water partition coefficient (Wildman–Crippen LogP) is 16.5. The van der Waals surface area contributed by atoms with Gasteiger partial charge in [0.25, 0.3) is 0 Å². The number of fused-ring (bicyclic) bond motifs is 9. The Morgan fingerprint density at radius 1 is 0.439 bits per heavy atom.